The van der Waals surface area contributed by atoms with E-state index < -0.39 is 5.97 Å². The molecule has 0 aliphatic carbocycles. The van der Waals surface area contributed by atoms with Gasteiger partial charge >= 0.3 is 5.97 Å². The third-order valence-electron chi connectivity index (χ3n) is 2.67. The van der Waals surface area contributed by atoms with Gasteiger partial charge in [0.15, 0.2) is 5.69 Å². The molecule has 0 fully saturated rings. The number of aromatic nitrogens is 2. The summed E-state index contributed by atoms with van der Waals surface area (Å²) in [5, 5.41) is 8.72. The molecule has 86 valence electrons. The minimum absolute atomic E-state index is 0.0439. The van der Waals surface area contributed by atoms with Crippen LogP contribution in [0.5, 0.6) is 0 Å². The third-order valence-corrected chi connectivity index (χ3v) is 2.67. The summed E-state index contributed by atoms with van der Waals surface area (Å²) in [6, 6.07) is 5.98. The molecule has 0 aliphatic rings. The highest BCUT2D eigenvalue weighted by molar-refractivity contribution is 5.85. The van der Waals surface area contributed by atoms with Gasteiger partial charge in [0.05, 0.1) is 18.1 Å². The summed E-state index contributed by atoms with van der Waals surface area (Å²) in [5.41, 5.74) is 3.96. The van der Waals surface area contributed by atoms with Gasteiger partial charge in [-0.2, -0.15) is 0 Å². The highest BCUT2D eigenvalue weighted by atomic mass is 16.4. The van der Waals surface area contributed by atoms with Crippen LogP contribution in [0.3, 0.4) is 0 Å². The second-order valence-electron chi connectivity index (χ2n) is 3.89. The first-order chi connectivity index (χ1) is 8.08. The summed E-state index contributed by atoms with van der Waals surface area (Å²) >= 11 is 0. The Morgan fingerprint density at radius 2 is 1.88 bits per heavy atom. The van der Waals surface area contributed by atoms with Gasteiger partial charge in [0, 0.05) is 5.56 Å². The van der Waals surface area contributed by atoms with Crippen molar-refractivity contribution >= 4 is 5.97 Å². The van der Waals surface area contributed by atoms with Crippen molar-refractivity contribution in [1.82, 2.24) is 9.97 Å². The van der Waals surface area contributed by atoms with E-state index in [0.29, 0.717) is 5.69 Å². The Morgan fingerprint density at radius 3 is 2.41 bits per heavy atom. The molecule has 0 atom stereocenters. The van der Waals surface area contributed by atoms with Gasteiger partial charge in [0.1, 0.15) is 0 Å². The molecule has 1 aromatic heterocycles. The molecule has 4 nitrogen and oxygen atoms in total. The zero-order chi connectivity index (χ0) is 12.4. The topological polar surface area (TPSA) is 63.1 Å². The van der Waals surface area contributed by atoms with E-state index in [1.165, 1.54) is 23.5 Å². The predicted octanol–water partition coefficient (Wildman–Crippen LogP) is 2.46. The zero-order valence-electron chi connectivity index (χ0n) is 9.64. The van der Waals surface area contributed by atoms with Crippen molar-refractivity contribution in [3.63, 3.8) is 0 Å². The van der Waals surface area contributed by atoms with Crippen molar-refractivity contribution < 1.29 is 9.90 Å². The Kier molecular flexibility index (Phi) is 2.87. The van der Waals surface area contributed by atoms with E-state index in [9.17, 15) is 4.79 Å². The minimum Gasteiger partial charge on any atom is -0.476 e. The molecule has 1 N–H and O–H groups in total. The van der Waals surface area contributed by atoms with E-state index in [-0.39, 0.29) is 5.69 Å². The van der Waals surface area contributed by atoms with Gasteiger partial charge in [0.2, 0.25) is 0 Å². The Hall–Kier alpha value is -2.23. The van der Waals surface area contributed by atoms with Crippen LogP contribution in [0.4, 0.5) is 0 Å². The number of nitrogens with zero attached hydrogens (tertiary/aromatic N) is 2. The molecule has 0 radical (unpaired) electrons. The minimum atomic E-state index is -1.07. The molecule has 0 unspecified atom stereocenters. The van der Waals surface area contributed by atoms with Crippen molar-refractivity contribution in [3.8, 4) is 11.3 Å². The van der Waals surface area contributed by atoms with Gasteiger partial charge in [-0.05, 0) is 31.0 Å². The number of carboxylic acids is 1. The maximum atomic E-state index is 10.6. The van der Waals surface area contributed by atoms with Crippen LogP contribution in [-0.4, -0.2) is 21.0 Å². The molecule has 0 saturated carbocycles. The van der Waals surface area contributed by atoms with Gasteiger partial charge < -0.3 is 5.11 Å². The Bertz CT molecular complexity index is 562. The second kappa shape index (κ2) is 4.33. The third kappa shape index (κ3) is 2.30. The largest absolute Gasteiger partial charge is 0.476 e. The number of benzene rings is 1. The summed E-state index contributed by atoms with van der Waals surface area (Å²) in [6.45, 7) is 4.07. The highest BCUT2D eigenvalue weighted by Gasteiger charge is 2.06. The monoisotopic (exact) mass is 228 g/mol. The van der Waals surface area contributed by atoms with Gasteiger partial charge in [-0.1, -0.05) is 12.1 Å². The van der Waals surface area contributed by atoms with Crippen molar-refractivity contribution in [2.75, 3.05) is 0 Å². The lowest BCUT2D eigenvalue weighted by molar-refractivity contribution is 0.0690. The van der Waals surface area contributed by atoms with Gasteiger partial charge in [-0.15, -0.1) is 0 Å². The lowest BCUT2D eigenvalue weighted by Gasteiger charge is -2.04. The summed E-state index contributed by atoms with van der Waals surface area (Å²) in [4.78, 5) is 18.6. The molecule has 1 heterocycles. The lowest BCUT2D eigenvalue weighted by atomic mass is 10.0. The average molecular weight is 228 g/mol. The molecule has 2 aromatic rings. The molecule has 1 aromatic carbocycles. The van der Waals surface area contributed by atoms with E-state index >= 15 is 0 Å². The molecule has 0 saturated heterocycles. The lowest BCUT2D eigenvalue weighted by Crippen LogP contribution is -2.01. The van der Waals surface area contributed by atoms with E-state index in [1.54, 1.807) is 0 Å². The summed E-state index contributed by atoms with van der Waals surface area (Å²) in [6.07, 6.45) is 2.75. The van der Waals surface area contributed by atoms with Crippen LogP contribution in [0.2, 0.25) is 0 Å². The van der Waals surface area contributed by atoms with Crippen LogP contribution < -0.4 is 0 Å². The Balaban J connectivity index is 2.39. The highest BCUT2D eigenvalue weighted by Crippen LogP contribution is 2.19. The molecule has 0 spiro atoms. The van der Waals surface area contributed by atoms with Crippen LogP contribution in [-0.2, 0) is 0 Å². The van der Waals surface area contributed by atoms with Crippen molar-refractivity contribution in [3.05, 3.63) is 47.4 Å². The number of carboxylic acid groups (broad SMARTS) is 1. The number of hydrogen-bond acceptors (Lipinski definition) is 3. The van der Waals surface area contributed by atoms with E-state index in [0.717, 1.165) is 5.56 Å². The van der Waals surface area contributed by atoms with Crippen LogP contribution in [0.25, 0.3) is 11.3 Å². The quantitative estimate of drug-likeness (QED) is 0.857. The Morgan fingerprint density at radius 1 is 1.12 bits per heavy atom. The standard InChI is InChI=1S/C13H12N2O2/c1-8-3-4-10(5-9(8)2)11-6-15-12(7-14-11)13(16)17/h3-7H,1-2H3,(H,16,17). The summed E-state index contributed by atoms with van der Waals surface area (Å²) in [7, 11) is 0. The second-order valence-corrected chi connectivity index (χ2v) is 3.89. The maximum Gasteiger partial charge on any atom is 0.356 e. The predicted molar refractivity (Wildman–Crippen MR) is 63.9 cm³/mol. The zero-order valence-corrected chi connectivity index (χ0v) is 9.64. The SMILES string of the molecule is Cc1ccc(-c2cnc(C(=O)O)cn2)cc1C. The number of hydrogen-bond donors (Lipinski definition) is 1. The number of carbonyl (C=O) groups is 1. The fraction of sp³-hybridized carbons (Fsp3) is 0.154. The molecule has 17 heavy (non-hydrogen) atoms. The normalized spacial score (nSPS) is 10.2. The first kappa shape index (κ1) is 11.3. The number of rotatable bonds is 2. The molecule has 4 heteroatoms. The smallest absolute Gasteiger partial charge is 0.356 e. The maximum absolute atomic E-state index is 10.6. The fourth-order valence-corrected chi connectivity index (χ4v) is 1.49. The van der Waals surface area contributed by atoms with Crippen LogP contribution >= 0.6 is 0 Å². The van der Waals surface area contributed by atoms with Gasteiger partial charge in [0.25, 0.3) is 0 Å². The molecule has 0 amide bonds. The first-order valence-electron chi connectivity index (χ1n) is 5.21. The molecular formula is C13H12N2O2. The average Bonchev–Trinajstić information content (AvgIpc) is 2.33. The first-order valence-corrected chi connectivity index (χ1v) is 5.21. The van der Waals surface area contributed by atoms with Crippen molar-refractivity contribution in [2.45, 2.75) is 13.8 Å². The molecule has 0 bridgehead atoms. The summed E-state index contributed by atoms with van der Waals surface area (Å²) in [5.74, 6) is -1.07. The van der Waals surface area contributed by atoms with Crippen LogP contribution in [0.1, 0.15) is 21.6 Å². The van der Waals surface area contributed by atoms with E-state index in [2.05, 4.69) is 9.97 Å². The van der Waals surface area contributed by atoms with Crippen molar-refractivity contribution in [2.24, 2.45) is 0 Å². The van der Waals surface area contributed by atoms with Crippen LogP contribution in [0.15, 0.2) is 30.6 Å². The number of aromatic carboxylic acids is 1. The fourth-order valence-electron chi connectivity index (χ4n) is 1.49. The van der Waals surface area contributed by atoms with Crippen LogP contribution in [0, 0.1) is 13.8 Å². The Labute approximate surface area is 99.0 Å². The summed E-state index contributed by atoms with van der Waals surface area (Å²) < 4.78 is 0. The van der Waals surface area contributed by atoms with Gasteiger partial charge in [-0.25, -0.2) is 9.78 Å². The molecule has 0 aliphatic heterocycles. The van der Waals surface area contributed by atoms with Crippen molar-refractivity contribution in [1.29, 1.82) is 0 Å². The van der Waals surface area contributed by atoms with E-state index in [4.69, 9.17) is 5.11 Å². The van der Waals surface area contributed by atoms with E-state index in [1.807, 2.05) is 32.0 Å². The molecule has 2 rings (SSSR count). The number of aryl methyl sites for hydroxylation is 2. The van der Waals surface area contributed by atoms with Gasteiger partial charge in [-0.3, -0.25) is 4.98 Å². The molecular weight excluding hydrogens is 216 g/mol.